The molecule has 0 aromatic rings. The first-order chi connectivity index (χ1) is 7.77. The molecule has 1 fully saturated rings. The number of nitrogens with zero attached hydrogens (tertiary/aromatic N) is 1. The van der Waals surface area contributed by atoms with Gasteiger partial charge in [0, 0.05) is 12.6 Å². The van der Waals surface area contributed by atoms with Crippen LogP contribution in [0, 0.1) is 5.41 Å². The fourth-order valence-electron chi connectivity index (χ4n) is 1.81. The summed E-state index contributed by atoms with van der Waals surface area (Å²) in [5.41, 5.74) is -0.496. The van der Waals surface area contributed by atoms with Crippen molar-refractivity contribution in [1.82, 2.24) is 10.2 Å². The molecule has 0 saturated heterocycles. The van der Waals surface area contributed by atoms with Crippen molar-refractivity contribution < 1.29 is 14.7 Å². The zero-order valence-corrected chi connectivity index (χ0v) is 11.0. The number of rotatable bonds is 4. The van der Waals surface area contributed by atoms with E-state index >= 15 is 0 Å². The molecule has 5 nitrogen and oxygen atoms in total. The number of nitrogens with one attached hydrogen (secondary N) is 1. The van der Waals surface area contributed by atoms with E-state index in [0.29, 0.717) is 12.6 Å². The average Bonchev–Trinajstić information content (AvgIpc) is 2.97. The summed E-state index contributed by atoms with van der Waals surface area (Å²) >= 11 is 0. The summed E-state index contributed by atoms with van der Waals surface area (Å²) in [4.78, 5) is 24.8. The van der Waals surface area contributed by atoms with Gasteiger partial charge in [0.15, 0.2) is 0 Å². The minimum atomic E-state index is -0.988. The van der Waals surface area contributed by atoms with Gasteiger partial charge < -0.3 is 15.3 Å². The minimum Gasteiger partial charge on any atom is -0.480 e. The first-order valence-electron chi connectivity index (χ1n) is 6.07. The molecule has 1 aliphatic rings. The van der Waals surface area contributed by atoms with Gasteiger partial charge in [-0.15, -0.1) is 0 Å². The Hall–Kier alpha value is -1.26. The molecule has 0 radical (unpaired) electrons. The van der Waals surface area contributed by atoms with E-state index in [2.05, 4.69) is 5.32 Å². The molecule has 0 bridgehead atoms. The fraction of sp³-hybridized carbons (Fsp3) is 0.833. The highest BCUT2D eigenvalue weighted by atomic mass is 16.4. The van der Waals surface area contributed by atoms with Crippen molar-refractivity contribution in [1.29, 1.82) is 0 Å². The van der Waals surface area contributed by atoms with Crippen molar-refractivity contribution in [3.63, 3.8) is 0 Å². The first-order valence-corrected chi connectivity index (χ1v) is 6.07. The van der Waals surface area contributed by atoms with Crippen LogP contribution in [0.15, 0.2) is 0 Å². The summed E-state index contributed by atoms with van der Waals surface area (Å²) in [6.45, 7) is 7.94. The molecule has 2 amide bonds. The second-order valence-electron chi connectivity index (χ2n) is 5.60. The Balaban J connectivity index is 2.66. The van der Waals surface area contributed by atoms with Crippen LogP contribution in [0.4, 0.5) is 4.79 Å². The van der Waals surface area contributed by atoms with Crippen LogP contribution >= 0.6 is 0 Å². The third-order valence-electron chi connectivity index (χ3n) is 2.97. The van der Waals surface area contributed by atoms with E-state index in [4.69, 9.17) is 5.11 Å². The van der Waals surface area contributed by atoms with Gasteiger partial charge in [0.2, 0.25) is 0 Å². The Kier molecular flexibility index (Phi) is 4.01. The molecule has 0 aliphatic heterocycles. The number of carboxylic acid groups (broad SMARTS) is 1. The number of carboxylic acids is 1. The van der Waals surface area contributed by atoms with Crippen LogP contribution in [0.2, 0.25) is 0 Å². The molecule has 0 aromatic carbocycles. The van der Waals surface area contributed by atoms with Crippen LogP contribution in [0.3, 0.4) is 0 Å². The Morgan fingerprint density at radius 2 is 1.94 bits per heavy atom. The number of aliphatic carboxylic acids is 1. The van der Waals surface area contributed by atoms with Crippen molar-refractivity contribution >= 4 is 12.0 Å². The van der Waals surface area contributed by atoms with Gasteiger partial charge in [-0.3, -0.25) is 0 Å². The highest BCUT2D eigenvalue weighted by Crippen LogP contribution is 2.27. The van der Waals surface area contributed by atoms with Gasteiger partial charge in [-0.05, 0) is 25.2 Å². The highest BCUT2D eigenvalue weighted by Gasteiger charge is 2.37. The summed E-state index contributed by atoms with van der Waals surface area (Å²) < 4.78 is 0. The zero-order valence-electron chi connectivity index (χ0n) is 11.0. The van der Waals surface area contributed by atoms with Crippen LogP contribution < -0.4 is 5.32 Å². The Bertz CT molecular complexity index is 305. The predicted molar refractivity (Wildman–Crippen MR) is 64.8 cm³/mol. The molecule has 5 heteroatoms. The van der Waals surface area contributed by atoms with Crippen LogP contribution in [0.25, 0.3) is 0 Å². The lowest BCUT2D eigenvalue weighted by atomic mass is 9.87. The van der Waals surface area contributed by atoms with E-state index in [-0.39, 0.29) is 6.03 Å². The topological polar surface area (TPSA) is 69.6 Å². The summed E-state index contributed by atoms with van der Waals surface area (Å²) in [5, 5.41) is 11.7. The molecular formula is C12H22N2O3. The Labute approximate surface area is 102 Å². The number of carbonyl (C=O) groups is 2. The van der Waals surface area contributed by atoms with Gasteiger partial charge in [-0.2, -0.15) is 0 Å². The number of hydrogen-bond donors (Lipinski definition) is 2. The molecule has 2 N–H and O–H groups in total. The van der Waals surface area contributed by atoms with Crippen molar-refractivity contribution in [3.05, 3.63) is 0 Å². The molecule has 0 spiro atoms. The van der Waals surface area contributed by atoms with Crippen molar-refractivity contribution in [2.75, 3.05) is 6.54 Å². The average molecular weight is 242 g/mol. The lowest BCUT2D eigenvalue weighted by Gasteiger charge is -2.30. The molecule has 0 unspecified atom stereocenters. The third kappa shape index (κ3) is 3.61. The summed E-state index contributed by atoms with van der Waals surface area (Å²) in [7, 11) is 0. The lowest BCUT2D eigenvalue weighted by Crippen LogP contribution is -2.53. The van der Waals surface area contributed by atoms with Gasteiger partial charge in [-0.1, -0.05) is 20.8 Å². The molecule has 1 saturated carbocycles. The second-order valence-corrected chi connectivity index (χ2v) is 5.60. The van der Waals surface area contributed by atoms with E-state index in [1.165, 1.54) is 0 Å². The van der Waals surface area contributed by atoms with E-state index in [9.17, 15) is 9.59 Å². The third-order valence-corrected chi connectivity index (χ3v) is 2.97. The van der Waals surface area contributed by atoms with Gasteiger partial charge in [0.05, 0.1) is 0 Å². The molecule has 98 valence electrons. The second kappa shape index (κ2) is 4.94. The van der Waals surface area contributed by atoms with Gasteiger partial charge in [0.25, 0.3) is 0 Å². The number of carbonyl (C=O) groups excluding carboxylic acids is 1. The molecule has 0 aromatic heterocycles. The maximum atomic E-state index is 12.0. The van der Waals surface area contributed by atoms with Crippen LogP contribution in [-0.4, -0.2) is 40.6 Å². The SMILES string of the molecule is CCN(C(=O)N[C@H](C(=O)O)C(C)(C)C)C1CC1. The smallest absolute Gasteiger partial charge is 0.326 e. The van der Waals surface area contributed by atoms with E-state index < -0.39 is 17.4 Å². The maximum absolute atomic E-state index is 12.0. The van der Waals surface area contributed by atoms with Gasteiger partial charge in [-0.25, -0.2) is 9.59 Å². The molecule has 1 rings (SSSR count). The Morgan fingerprint density at radius 3 is 2.24 bits per heavy atom. The summed E-state index contributed by atoms with van der Waals surface area (Å²) in [5.74, 6) is -0.988. The molecule has 1 atom stereocenters. The maximum Gasteiger partial charge on any atom is 0.326 e. The number of urea groups is 1. The largest absolute Gasteiger partial charge is 0.480 e. The fourth-order valence-corrected chi connectivity index (χ4v) is 1.81. The number of amides is 2. The van der Waals surface area contributed by atoms with E-state index in [0.717, 1.165) is 12.8 Å². The first kappa shape index (κ1) is 13.8. The highest BCUT2D eigenvalue weighted by molar-refractivity contribution is 5.83. The predicted octanol–water partition coefficient (Wildman–Crippen LogP) is 1.68. The van der Waals surface area contributed by atoms with E-state index in [1.807, 2.05) is 6.92 Å². The van der Waals surface area contributed by atoms with Crippen LogP contribution in [0.1, 0.15) is 40.5 Å². The summed E-state index contributed by atoms with van der Waals surface area (Å²) in [6.07, 6.45) is 2.04. The number of hydrogen-bond acceptors (Lipinski definition) is 2. The van der Waals surface area contributed by atoms with Crippen molar-refractivity contribution in [2.24, 2.45) is 5.41 Å². The molecular weight excluding hydrogens is 220 g/mol. The monoisotopic (exact) mass is 242 g/mol. The molecule has 1 aliphatic carbocycles. The molecule has 0 heterocycles. The zero-order chi connectivity index (χ0) is 13.2. The van der Waals surface area contributed by atoms with Crippen molar-refractivity contribution in [2.45, 2.75) is 52.6 Å². The molecule has 17 heavy (non-hydrogen) atoms. The van der Waals surface area contributed by atoms with E-state index in [1.54, 1.807) is 25.7 Å². The van der Waals surface area contributed by atoms with Gasteiger partial charge >= 0.3 is 12.0 Å². The van der Waals surface area contributed by atoms with Crippen LogP contribution in [-0.2, 0) is 4.79 Å². The quantitative estimate of drug-likeness (QED) is 0.788. The van der Waals surface area contributed by atoms with Gasteiger partial charge in [0.1, 0.15) is 6.04 Å². The lowest BCUT2D eigenvalue weighted by molar-refractivity contribution is -0.142. The summed E-state index contributed by atoms with van der Waals surface area (Å²) in [6, 6.07) is -0.825. The standard InChI is InChI=1S/C12H22N2O3/c1-5-14(8-6-7-8)11(17)13-9(10(15)16)12(2,3)4/h8-9H,5-7H2,1-4H3,(H,13,17)(H,15,16)/t9-/m1/s1. The van der Waals surface area contributed by atoms with Crippen LogP contribution in [0.5, 0.6) is 0 Å². The van der Waals surface area contributed by atoms with Crippen molar-refractivity contribution in [3.8, 4) is 0 Å². The normalized spacial score (nSPS) is 17.4. The Morgan fingerprint density at radius 1 is 1.41 bits per heavy atom. The minimum absolute atomic E-state index is 0.266.